The van der Waals surface area contributed by atoms with Gasteiger partial charge in [-0.3, -0.25) is 4.99 Å². The lowest BCUT2D eigenvalue weighted by Gasteiger charge is -2.18. The van der Waals surface area contributed by atoms with E-state index in [4.69, 9.17) is 11.6 Å². The van der Waals surface area contributed by atoms with Gasteiger partial charge >= 0.3 is 0 Å². The Morgan fingerprint density at radius 2 is 2.25 bits per heavy atom. The molecule has 0 bridgehead atoms. The molecule has 4 heteroatoms. The van der Waals surface area contributed by atoms with Gasteiger partial charge in [0.15, 0.2) is 5.96 Å². The third-order valence-corrected chi connectivity index (χ3v) is 4.10. The molecule has 1 aliphatic rings. The van der Waals surface area contributed by atoms with Crippen molar-refractivity contribution in [2.75, 3.05) is 18.4 Å². The highest BCUT2D eigenvalue weighted by molar-refractivity contribution is 6.20. The maximum absolute atomic E-state index is 6.18. The fourth-order valence-corrected chi connectivity index (χ4v) is 2.48. The van der Waals surface area contributed by atoms with Gasteiger partial charge in [-0.05, 0) is 43.7 Å². The molecule has 1 unspecified atom stereocenters. The second-order valence-electron chi connectivity index (χ2n) is 5.19. The lowest BCUT2D eigenvalue weighted by Crippen LogP contribution is -2.35. The number of rotatable bonds is 6. The highest BCUT2D eigenvalue weighted by Gasteiger charge is 2.08. The summed E-state index contributed by atoms with van der Waals surface area (Å²) in [5.74, 6) is 0.896. The Hall–Kier alpha value is -1.22. The summed E-state index contributed by atoms with van der Waals surface area (Å²) in [5, 5.41) is 7.01. The summed E-state index contributed by atoms with van der Waals surface area (Å²) in [6.07, 6.45) is 5.41. The van der Waals surface area contributed by atoms with E-state index in [1.807, 2.05) is 0 Å². The number of para-hydroxylation sites is 1. The largest absolute Gasteiger partial charge is 0.356 e. The van der Waals surface area contributed by atoms with Crippen LogP contribution in [0, 0.1) is 0 Å². The molecule has 0 radical (unpaired) electrons. The van der Waals surface area contributed by atoms with Crippen LogP contribution in [0.2, 0.25) is 0 Å². The summed E-state index contributed by atoms with van der Waals surface area (Å²) in [5.41, 5.74) is 2.49. The zero-order chi connectivity index (χ0) is 14.2. The fraction of sp³-hybridized carbons (Fsp3) is 0.562. The van der Waals surface area contributed by atoms with Gasteiger partial charge in [-0.2, -0.15) is 0 Å². The Kier molecular flexibility index (Phi) is 6.19. The lowest BCUT2D eigenvalue weighted by molar-refractivity contribution is 0.675. The number of nitrogens with zero attached hydrogens (tertiary/aromatic N) is 1. The van der Waals surface area contributed by atoms with Gasteiger partial charge in [0.1, 0.15) is 0 Å². The first-order valence-electron chi connectivity index (χ1n) is 7.57. The van der Waals surface area contributed by atoms with Crippen molar-refractivity contribution in [1.82, 2.24) is 5.32 Å². The van der Waals surface area contributed by atoms with Crippen LogP contribution in [0.3, 0.4) is 0 Å². The van der Waals surface area contributed by atoms with Gasteiger partial charge in [0.2, 0.25) is 0 Å². The summed E-state index contributed by atoms with van der Waals surface area (Å²) in [4.78, 5) is 4.46. The summed E-state index contributed by atoms with van der Waals surface area (Å²) < 4.78 is 0. The number of halogens is 1. The Bertz CT molecular complexity index is 445. The maximum atomic E-state index is 6.18. The standard InChI is InChI=1S/C16H24ClN3/c1-2-14(17)9-5-8-13-7-3-4-10-15(13)20-16-18-11-6-12-19-16/h3-4,7,10,14H,2,5-6,8-9,11-12H2,1H3,(H2,18,19,20). The van der Waals surface area contributed by atoms with Crippen molar-refractivity contribution < 1.29 is 0 Å². The van der Waals surface area contributed by atoms with Crippen LogP contribution in [0.4, 0.5) is 5.69 Å². The lowest BCUT2D eigenvalue weighted by atomic mass is 10.0. The zero-order valence-electron chi connectivity index (χ0n) is 12.2. The van der Waals surface area contributed by atoms with Gasteiger partial charge < -0.3 is 10.6 Å². The molecule has 1 aliphatic heterocycles. The molecule has 1 aromatic carbocycles. The first-order valence-corrected chi connectivity index (χ1v) is 8.00. The van der Waals surface area contributed by atoms with Gasteiger partial charge in [0.05, 0.1) is 0 Å². The molecule has 20 heavy (non-hydrogen) atoms. The van der Waals surface area contributed by atoms with Crippen LogP contribution in [0.1, 0.15) is 38.2 Å². The van der Waals surface area contributed by atoms with Crippen molar-refractivity contribution in [3.05, 3.63) is 29.8 Å². The van der Waals surface area contributed by atoms with Crippen LogP contribution in [0.25, 0.3) is 0 Å². The number of hydrogen-bond donors (Lipinski definition) is 2. The van der Waals surface area contributed by atoms with Crippen molar-refractivity contribution in [3.63, 3.8) is 0 Å². The summed E-state index contributed by atoms with van der Waals surface area (Å²) in [7, 11) is 0. The van der Waals surface area contributed by atoms with Gasteiger partial charge in [0.25, 0.3) is 0 Å². The van der Waals surface area contributed by atoms with E-state index >= 15 is 0 Å². The number of aliphatic imine (C=N–C) groups is 1. The molecule has 2 N–H and O–H groups in total. The van der Waals surface area contributed by atoms with Crippen molar-refractivity contribution in [2.24, 2.45) is 4.99 Å². The number of benzene rings is 1. The van der Waals surface area contributed by atoms with Gasteiger partial charge in [-0.15, -0.1) is 11.6 Å². The van der Waals surface area contributed by atoms with Gasteiger partial charge in [0, 0.05) is 24.2 Å². The number of aryl methyl sites for hydroxylation is 1. The van der Waals surface area contributed by atoms with Crippen LogP contribution in [-0.2, 0) is 6.42 Å². The topological polar surface area (TPSA) is 36.4 Å². The number of alkyl halides is 1. The van der Waals surface area contributed by atoms with Crippen molar-refractivity contribution in [1.29, 1.82) is 0 Å². The maximum Gasteiger partial charge on any atom is 0.195 e. The predicted molar refractivity (Wildman–Crippen MR) is 87.9 cm³/mol. The molecule has 0 spiro atoms. The number of hydrogen-bond acceptors (Lipinski definition) is 3. The predicted octanol–water partition coefficient (Wildman–Crippen LogP) is 3.79. The zero-order valence-corrected chi connectivity index (χ0v) is 12.9. The molecule has 3 nitrogen and oxygen atoms in total. The third-order valence-electron chi connectivity index (χ3n) is 3.57. The smallest absolute Gasteiger partial charge is 0.195 e. The molecule has 0 saturated heterocycles. The molecule has 0 amide bonds. The Morgan fingerprint density at radius 3 is 3.00 bits per heavy atom. The highest BCUT2D eigenvalue weighted by atomic mass is 35.5. The monoisotopic (exact) mass is 293 g/mol. The fourth-order valence-electron chi connectivity index (χ4n) is 2.32. The Morgan fingerprint density at radius 1 is 1.40 bits per heavy atom. The summed E-state index contributed by atoms with van der Waals surface area (Å²) in [6, 6.07) is 8.45. The third kappa shape index (κ3) is 4.71. The van der Waals surface area contributed by atoms with Gasteiger partial charge in [-0.1, -0.05) is 25.1 Å². The van der Waals surface area contributed by atoms with E-state index in [1.54, 1.807) is 0 Å². The van der Waals surface area contributed by atoms with Crippen LogP contribution < -0.4 is 10.6 Å². The number of guanidine groups is 1. The molecule has 1 aromatic rings. The molecule has 0 aliphatic carbocycles. The second-order valence-corrected chi connectivity index (χ2v) is 5.81. The van der Waals surface area contributed by atoms with E-state index in [0.29, 0.717) is 5.38 Å². The SMILES string of the molecule is CCC(Cl)CCCc1ccccc1NC1=NCCCN1. The van der Waals surface area contributed by atoms with Crippen molar-refractivity contribution in [2.45, 2.75) is 44.4 Å². The van der Waals surface area contributed by atoms with Gasteiger partial charge in [-0.25, -0.2) is 0 Å². The minimum atomic E-state index is 0.305. The van der Waals surface area contributed by atoms with Crippen molar-refractivity contribution >= 4 is 23.2 Å². The van der Waals surface area contributed by atoms with Crippen LogP contribution >= 0.6 is 11.6 Å². The molecular weight excluding hydrogens is 270 g/mol. The van der Waals surface area contributed by atoms with E-state index in [1.165, 1.54) is 5.56 Å². The van der Waals surface area contributed by atoms with E-state index in [2.05, 4.69) is 46.8 Å². The number of anilines is 1. The van der Waals surface area contributed by atoms with E-state index in [0.717, 1.165) is 56.8 Å². The average Bonchev–Trinajstić information content (AvgIpc) is 2.50. The van der Waals surface area contributed by atoms with E-state index < -0.39 is 0 Å². The molecule has 0 saturated carbocycles. The van der Waals surface area contributed by atoms with Crippen LogP contribution in [0.15, 0.2) is 29.3 Å². The first-order chi connectivity index (χ1) is 9.79. The molecule has 2 rings (SSSR count). The Balaban J connectivity index is 1.93. The molecule has 0 aromatic heterocycles. The molecule has 1 atom stereocenters. The normalized spacial score (nSPS) is 16.2. The number of nitrogens with one attached hydrogen (secondary N) is 2. The molecular formula is C16H24ClN3. The second kappa shape index (κ2) is 8.15. The quantitative estimate of drug-likeness (QED) is 0.783. The molecule has 1 heterocycles. The molecule has 0 fully saturated rings. The average molecular weight is 294 g/mol. The highest BCUT2D eigenvalue weighted by Crippen LogP contribution is 2.19. The summed E-state index contributed by atoms with van der Waals surface area (Å²) in [6.45, 7) is 4.04. The van der Waals surface area contributed by atoms with E-state index in [9.17, 15) is 0 Å². The van der Waals surface area contributed by atoms with Crippen LogP contribution in [-0.4, -0.2) is 24.4 Å². The van der Waals surface area contributed by atoms with Crippen molar-refractivity contribution in [3.8, 4) is 0 Å². The molecule has 110 valence electrons. The Labute approximate surface area is 126 Å². The summed E-state index contributed by atoms with van der Waals surface area (Å²) >= 11 is 6.18. The minimum Gasteiger partial charge on any atom is -0.356 e. The van der Waals surface area contributed by atoms with E-state index in [-0.39, 0.29) is 0 Å². The van der Waals surface area contributed by atoms with Crippen LogP contribution in [0.5, 0.6) is 0 Å². The first kappa shape index (κ1) is 15.2. The minimum absolute atomic E-state index is 0.305.